The van der Waals surface area contributed by atoms with Gasteiger partial charge in [0.05, 0.1) is 5.39 Å². The number of fused-ring (bicyclic) bond motifs is 2. The van der Waals surface area contributed by atoms with Gasteiger partial charge in [-0.1, -0.05) is 55.1 Å². The third-order valence-electron chi connectivity index (χ3n) is 4.56. The Morgan fingerprint density at radius 3 is 2.75 bits per heavy atom. The Balaban J connectivity index is 1.68. The van der Waals surface area contributed by atoms with Crippen molar-refractivity contribution in [1.82, 2.24) is 9.55 Å². The Labute approximate surface area is 170 Å². The average Bonchev–Trinajstić information content (AvgIpc) is 3.14. The Bertz CT molecular complexity index is 1240. The molecule has 2 aromatic heterocycles. The molecule has 0 saturated carbocycles. The maximum atomic E-state index is 13.0. The van der Waals surface area contributed by atoms with E-state index in [1.165, 1.54) is 27.7 Å². The summed E-state index contributed by atoms with van der Waals surface area (Å²) < 4.78 is 1.46. The standard InChI is InChI=1S/C21H19N3O2S2/c1-3-14-11-16-19(28-14)23-21(27-2)24(20(16)26)12-18(25)22-17-10-6-8-13-7-4-5-9-15(13)17/h4-11H,3,12H2,1-2H3,(H,22,25). The van der Waals surface area contributed by atoms with Crippen LogP contribution < -0.4 is 10.9 Å². The monoisotopic (exact) mass is 409 g/mol. The van der Waals surface area contributed by atoms with Gasteiger partial charge in [-0.25, -0.2) is 4.98 Å². The molecule has 0 spiro atoms. The lowest BCUT2D eigenvalue weighted by atomic mass is 10.1. The Morgan fingerprint density at radius 1 is 1.18 bits per heavy atom. The van der Waals surface area contributed by atoms with Crippen molar-refractivity contribution in [3.05, 3.63) is 63.8 Å². The first kappa shape index (κ1) is 18.7. The second-order valence-electron chi connectivity index (χ2n) is 6.35. The van der Waals surface area contributed by atoms with E-state index < -0.39 is 0 Å². The summed E-state index contributed by atoms with van der Waals surface area (Å²) in [6, 6.07) is 15.5. The molecule has 2 aromatic carbocycles. The number of nitrogens with zero attached hydrogens (tertiary/aromatic N) is 2. The van der Waals surface area contributed by atoms with Crippen molar-refractivity contribution in [3.63, 3.8) is 0 Å². The van der Waals surface area contributed by atoms with Crippen LogP contribution in [-0.4, -0.2) is 21.7 Å². The van der Waals surface area contributed by atoms with Crippen LogP contribution in [0.3, 0.4) is 0 Å². The number of benzene rings is 2. The zero-order valence-electron chi connectivity index (χ0n) is 15.6. The van der Waals surface area contributed by atoms with Gasteiger partial charge in [-0.2, -0.15) is 0 Å². The highest BCUT2D eigenvalue weighted by Crippen LogP contribution is 2.25. The number of nitrogens with one attached hydrogen (secondary N) is 1. The molecule has 0 saturated heterocycles. The molecule has 2 heterocycles. The number of aryl methyl sites for hydroxylation is 1. The van der Waals surface area contributed by atoms with E-state index in [2.05, 4.69) is 17.2 Å². The Kier molecular flexibility index (Phi) is 5.19. The highest BCUT2D eigenvalue weighted by atomic mass is 32.2. The lowest BCUT2D eigenvalue weighted by Crippen LogP contribution is -2.29. The average molecular weight is 410 g/mol. The molecule has 0 aliphatic carbocycles. The molecule has 0 unspecified atom stereocenters. The number of thioether (sulfide) groups is 1. The molecule has 4 rings (SSSR count). The Morgan fingerprint density at radius 2 is 1.96 bits per heavy atom. The quantitative estimate of drug-likeness (QED) is 0.388. The lowest BCUT2D eigenvalue weighted by molar-refractivity contribution is -0.116. The maximum Gasteiger partial charge on any atom is 0.263 e. The molecule has 7 heteroatoms. The summed E-state index contributed by atoms with van der Waals surface area (Å²) in [6.45, 7) is 1.98. The summed E-state index contributed by atoms with van der Waals surface area (Å²) in [6.07, 6.45) is 2.72. The van der Waals surface area contributed by atoms with Crippen molar-refractivity contribution in [1.29, 1.82) is 0 Å². The normalized spacial score (nSPS) is 11.2. The van der Waals surface area contributed by atoms with Gasteiger partial charge in [0.25, 0.3) is 5.56 Å². The van der Waals surface area contributed by atoms with Crippen molar-refractivity contribution >= 4 is 55.7 Å². The van der Waals surface area contributed by atoms with E-state index in [1.807, 2.05) is 54.8 Å². The van der Waals surface area contributed by atoms with Gasteiger partial charge in [-0.05, 0) is 30.2 Å². The molecule has 0 aliphatic heterocycles. The third kappa shape index (κ3) is 3.43. The molecule has 0 radical (unpaired) electrons. The van der Waals surface area contributed by atoms with Crippen LogP contribution in [0, 0.1) is 0 Å². The predicted octanol–water partition coefficient (Wildman–Crippen LogP) is 4.53. The van der Waals surface area contributed by atoms with Gasteiger partial charge in [-0.3, -0.25) is 14.2 Å². The minimum atomic E-state index is -0.249. The van der Waals surface area contributed by atoms with E-state index in [4.69, 9.17) is 0 Å². The van der Waals surface area contributed by atoms with Crippen LogP contribution in [0.2, 0.25) is 0 Å². The number of anilines is 1. The van der Waals surface area contributed by atoms with Gasteiger partial charge in [0, 0.05) is 16.0 Å². The van der Waals surface area contributed by atoms with Gasteiger partial charge < -0.3 is 5.32 Å². The second-order valence-corrected chi connectivity index (χ2v) is 8.24. The van der Waals surface area contributed by atoms with Crippen LogP contribution in [0.1, 0.15) is 11.8 Å². The van der Waals surface area contributed by atoms with Crippen LogP contribution in [0.4, 0.5) is 5.69 Å². The minimum Gasteiger partial charge on any atom is -0.324 e. The highest BCUT2D eigenvalue weighted by Gasteiger charge is 2.16. The molecule has 0 atom stereocenters. The first-order valence-corrected chi connectivity index (χ1v) is 11.0. The number of thiophene rings is 1. The van der Waals surface area contributed by atoms with Crippen molar-refractivity contribution in [2.45, 2.75) is 25.0 Å². The number of carbonyl (C=O) groups excluding carboxylic acids is 1. The molecule has 1 N–H and O–H groups in total. The van der Waals surface area contributed by atoms with Crippen molar-refractivity contribution in [3.8, 4) is 0 Å². The van der Waals surface area contributed by atoms with Gasteiger partial charge in [0.1, 0.15) is 11.4 Å². The van der Waals surface area contributed by atoms with E-state index in [0.717, 1.165) is 32.6 Å². The largest absolute Gasteiger partial charge is 0.324 e. The second kappa shape index (κ2) is 7.77. The number of hydrogen-bond donors (Lipinski definition) is 1. The topological polar surface area (TPSA) is 64.0 Å². The lowest BCUT2D eigenvalue weighted by Gasteiger charge is -2.12. The third-order valence-corrected chi connectivity index (χ3v) is 6.41. The summed E-state index contributed by atoms with van der Waals surface area (Å²) >= 11 is 2.90. The van der Waals surface area contributed by atoms with Gasteiger partial charge in [0.15, 0.2) is 5.16 Å². The molecule has 1 amide bonds. The van der Waals surface area contributed by atoms with Crippen LogP contribution >= 0.6 is 23.1 Å². The van der Waals surface area contributed by atoms with E-state index in [9.17, 15) is 9.59 Å². The zero-order chi connectivity index (χ0) is 19.7. The zero-order valence-corrected chi connectivity index (χ0v) is 17.2. The van der Waals surface area contributed by atoms with Gasteiger partial charge in [0.2, 0.25) is 5.91 Å². The van der Waals surface area contributed by atoms with Crippen LogP contribution in [0.25, 0.3) is 21.0 Å². The van der Waals surface area contributed by atoms with E-state index >= 15 is 0 Å². The molecular weight excluding hydrogens is 390 g/mol. The van der Waals surface area contributed by atoms with Crippen LogP contribution in [-0.2, 0) is 17.8 Å². The van der Waals surface area contributed by atoms with Crippen molar-refractivity contribution in [2.75, 3.05) is 11.6 Å². The van der Waals surface area contributed by atoms with E-state index in [0.29, 0.717) is 10.5 Å². The molecule has 4 aromatic rings. The fraction of sp³-hybridized carbons (Fsp3) is 0.190. The van der Waals surface area contributed by atoms with E-state index in [-0.39, 0.29) is 18.0 Å². The molecule has 28 heavy (non-hydrogen) atoms. The van der Waals surface area contributed by atoms with Crippen LogP contribution in [0.15, 0.2) is 58.5 Å². The minimum absolute atomic E-state index is 0.0710. The van der Waals surface area contributed by atoms with Crippen molar-refractivity contribution < 1.29 is 4.79 Å². The Hall–Kier alpha value is -2.64. The first-order valence-electron chi connectivity index (χ1n) is 8.95. The first-order chi connectivity index (χ1) is 13.6. The number of amides is 1. The number of hydrogen-bond acceptors (Lipinski definition) is 5. The number of aromatic nitrogens is 2. The molecule has 142 valence electrons. The molecule has 0 bridgehead atoms. The summed E-state index contributed by atoms with van der Waals surface area (Å²) in [5.74, 6) is -0.249. The number of carbonyl (C=O) groups is 1. The summed E-state index contributed by atoms with van der Waals surface area (Å²) in [5, 5.41) is 6.09. The molecular formula is C21H19N3O2S2. The SMILES string of the molecule is CCc1cc2c(=O)n(CC(=O)Nc3cccc4ccccc34)c(SC)nc2s1. The van der Waals surface area contributed by atoms with Gasteiger partial charge >= 0.3 is 0 Å². The highest BCUT2D eigenvalue weighted by molar-refractivity contribution is 7.98. The van der Waals surface area contributed by atoms with Crippen LogP contribution in [0.5, 0.6) is 0 Å². The fourth-order valence-electron chi connectivity index (χ4n) is 3.18. The predicted molar refractivity (Wildman–Crippen MR) is 118 cm³/mol. The van der Waals surface area contributed by atoms with Gasteiger partial charge in [-0.15, -0.1) is 11.3 Å². The summed E-state index contributed by atoms with van der Waals surface area (Å²) in [4.78, 5) is 32.2. The van der Waals surface area contributed by atoms with Crippen molar-refractivity contribution in [2.24, 2.45) is 0 Å². The molecule has 0 aliphatic rings. The molecule has 0 fully saturated rings. The number of rotatable bonds is 5. The summed E-state index contributed by atoms with van der Waals surface area (Å²) in [7, 11) is 0. The smallest absolute Gasteiger partial charge is 0.263 e. The molecule has 5 nitrogen and oxygen atoms in total. The van der Waals surface area contributed by atoms with E-state index in [1.54, 1.807) is 0 Å². The maximum absolute atomic E-state index is 13.0. The summed E-state index contributed by atoms with van der Waals surface area (Å²) in [5.41, 5.74) is 0.568. The fourth-order valence-corrected chi connectivity index (χ4v) is 4.75.